The summed E-state index contributed by atoms with van der Waals surface area (Å²) in [7, 11) is 1.96. The second-order valence-corrected chi connectivity index (χ2v) is 4.68. The summed E-state index contributed by atoms with van der Waals surface area (Å²) >= 11 is 0. The lowest BCUT2D eigenvalue weighted by Crippen LogP contribution is -2.66. The van der Waals surface area contributed by atoms with Crippen LogP contribution in [0.25, 0.3) is 0 Å². The Kier molecular flexibility index (Phi) is 3.52. The number of piperazine rings is 1. The van der Waals surface area contributed by atoms with Gasteiger partial charge in [-0.25, -0.2) is 0 Å². The number of nitrogens with zero attached hydrogens (tertiary/aromatic N) is 2. The number of carbonyl (C=O) groups excluding carboxylic acids is 1. The van der Waals surface area contributed by atoms with Gasteiger partial charge < -0.3 is 10.6 Å². The zero-order chi connectivity index (χ0) is 11.6. The molecule has 4 nitrogen and oxygen atoms in total. The Morgan fingerprint density at radius 2 is 2.27 bits per heavy atom. The van der Waals surface area contributed by atoms with Gasteiger partial charge in [-0.05, 0) is 20.9 Å². The molecule has 1 amide bonds. The van der Waals surface area contributed by atoms with E-state index in [0.717, 1.165) is 6.54 Å². The Hall–Kier alpha value is -0.870. The summed E-state index contributed by atoms with van der Waals surface area (Å²) in [5.41, 5.74) is 5.62. The van der Waals surface area contributed by atoms with Gasteiger partial charge in [-0.1, -0.05) is 6.08 Å². The Balaban J connectivity index is 2.89. The molecule has 86 valence electrons. The average molecular weight is 211 g/mol. The van der Waals surface area contributed by atoms with E-state index in [-0.39, 0.29) is 17.5 Å². The molecule has 0 saturated carbocycles. The van der Waals surface area contributed by atoms with Crippen molar-refractivity contribution in [3.8, 4) is 0 Å². The maximum Gasteiger partial charge on any atom is 0.241 e. The first-order valence-corrected chi connectivity index (χ1v) is 5.26. The third kappa shape index (κ3) is 2.21. The smallest absolute Gasteiger partial charge is 0.241 e. The topological polar surface area (TPSA) is 49.6 Å². The summed E-state index contributed by atoms with van der Waals surface area (Å²) in [6.45, 7) is 9.61. The van der Waals surface area contributed by atoms with Crippen LogP contribution in [0.2, 0.25) is 0 Å². The molecule has 1 saturated heterocycles. The minimum Gasteiger partial charge on any atom is -0.336 e. The predicted octanol–water partition coefficient (Wildman–Crippen LogP) is 0.0523. The van der Waals surface area contributed by atoms with Crippen molar-refractivity contribution < 1.29 is 4.79 Å². The third-order valence-corrected chi connectivity index (χ3v) is 3.17. The van der Waals surface area contributed by atoms with Gasteiger partial charge in [0.1, 0.15) is 6.04 Å². The molecule has 0 aromatic heterocycles. The Morgan fingerprint density at radius 3 is 2.73 bits per heavy atom. The van der Waals surface area contributed by atoms with Gasteiger partial charge in [-0.2, -0.15) is 0 Å². The van der Waals surface area contributed by atoms with Gasteiger partial charge >= 0.3 is 0 Å². The van der Waals surface area contributed by atoms with Crippen LogP contribution in [-0.4, -0.2) is 54.0 Å². The van der Waals surface area contributed by atoms with Gasteiger partial charge in [0.05, 0.1) is 0 Å². The molecule has 1 heterocycles. The molecule has 0 aromatic carbocycles. The number of likely N-dealkylation sites (N-methyl/N-ethyl adjacent to an activating group) is 1. The van der Waals surface area contributed by atoms with E-state index < -0.39 is 0 Å². The van der Waals surface area contributed by atoms with E-state index in [1.807, 2.05) is 11.9 Å². The summed E-state index contributed by atoms with van der Waals surface area (Å²) in [5, 5.41) is 0. The molecule has 1 aliphatic rings. The maximum atomic E-state index is 12.0. The van der Waals surface area contributed by atoms with E-state index in [1.165, 1.54) is 0 Å². The molecule has 15 heavy (non-hydrogen) atoms. The largest absolute Gasteiger partial charge is 0.336 e. The van der Waals surface area contributed by atoms with Gasteiger partial charge in [0, 0.05) is 25.2 Å². The summed E-state index contributed by atoms with van der Waals surface area (Å²) in [5.74, 6) is 0.110. The predicted molar refractivity (Wildman–Crippen MR) is 61.5 cm³/mol. The van der Waals surface area contributed by atoms with E-state index in [2.05, 4.69) is 25.3 Å². The van der Waals surface area contributed by atoms with Crippen molar-refractivity contribution in [2.75, 3.05) is 26.7 Å². The van der Waals surface area contributed by atoms with Crippen LogP contribution in [0.4, 0.5) is 0 Å². The Labute approximate surface area is 91.7 Å². The quantitative estimate of drug-likeness (QED) is 0.671. The molecule has 0 aliphatic carbocycles. The molecule has 4 heteroatoms. The molecule has 0 radical (unpaired) electrons. The minimum atomic E-state index is -0.200. The highest BCUT2D eigenvalue weighted by Gasteiger charge is 2.41. The molecule has 0 bridgehead atoms. The van der Waals surface area contributed by atoms with Crippen LogP contribution in [0, 0.1) is 0 Å². The fourth-order valence-electron chi connectivity index (χ4n) is 2.02. The Bertz CT molecular complexity index is 263. The van der Waals surface area contributed by atoms with Gasteiger partial charge in [0.2, 0.25) is 5.91 Å². The van der Waals surface area contributed by atoms with Crippen molar-refractivity contribution in [1.29, 1.82) is 0 Å². The first kappa shape index (κ1) is 12.2. The van der Waals surface area contributed by atoms with E-state index in [0.29, 0.717) is 13.1 Å². The fraction of sp³-hybridized carbons (Fsp3) is 0.727. The minimum absolute atomic E-state index is 0.0268. The number of hydrogen-bond donors (Lipinski definition) is 1. The molecule has 2 N–H and O–H groups in total. The lowest BCUT2D eigenvalue weighted by Gasteiger charge is -2.49. The molecule has 0 spiro atoms. The van der Waals surface area contributed by atoms with Gasteiger partial charge in [-0.3, -0.25) is 9.69 Å². The fourth-order valence-corrected chi connectivity index (χ4v) is 2.02. The third-order valence-electron chi connectivity index (χ3n) is 3.17. The van der Waals surface area contributed by atoms with E-state index in [9.17, 15) is 4.79 Å². The van der Waals surface area contributed by atoms with Crippen LogP contribution in [0.1, 0.15) is 13.8 Å². The van der Waals surface area contributed by atoms with Gasteiger partial charge in [0.15, 0.2) is 0 Å². The highest BCUT2D eigenvalue weighted by Crippen LogP contribution is 2.23. The van der Waals surface area contributed by atoms with E-state index >= 15 is 0 Å². The van der Waals surface area contributed by atoms with Crippen LogP contribution >= 0.6 is 0 Å². The number of nitrogens with two attached hydrogens (primary N) is 1. The number of rotatable bonds is 3. The number of amides is 1. The van der Waals surface area contributed by atoms with Crippen molar-refractivity contribution >= 4 is 5.91 Å². The molecular formula is C11H21N3O. The zero-order valence-corrected chi connectivity index (χ0v) is 9.86. The maximum absolute atomic E-state index is 12.0. The van der Waals surface area contributed by atoms with Crippen molar-refractivity contribution in [3.63, 3.8) is 0 Å². The lowest BCUT2D eigenvalue weighted by atomic mass is 9.95. The summed E-state index contributed by atoms with van der Waals surface area (Å²) in [6, 6.07) is -0.200. The first-order chi connectivity index (χ1) is 6.94. The van der Waals surface area contributed by atoms with E-state index in [1.54, 1.807) is 6.08 Å². The average Bonchev–Trinajstić information content (AvgIpc) is 2.16. The number of hydrogen-bond acceptors (Lipinski definition) is 3. The summed E-state index contributed by atoms with van der Waals surface area (Å²) < 4.78 is 0. The monoisotopic (exact) mass is 211 g/mol. The van der Waals surface area contributed by atoms with Crippen LogP contribution in [0.5, 0.6) is 0 Å². The molecule has 1 rings (SSSR count). The van der Waals surface area contributed by atoms with Crippen LogP contribution in [0.3, 0.4) is 0 Å². The van der Waals surface area contributed by atoms with Crippen LogP contribution in [0.15, 0.2) is 12.7 Å². The second-order valence-electron chi connectivity index (χ2n) is 4.68. The van der Waals surface area contributed by atoms with Crippen LogP contribution in [-0.2, 0) is 4.79 Å². The van der Waals surface area contributed by atoms with E-state index in [4.69, 9.17) is 5.73 Å². The van der Waals surface area contributed by atoms with Crippen molar-refractivity contribution in [3.05, 3.63) is 12.7 Å². The summed E-state index contributed by atoms with van der Waals surface area (Å²) in [6.07, 6.45) is 1.76. The zero-order valence-electron chi connectivity index (χ0n) is 9.86. The van der Waals surface area contributed by atoms with Crippen molar-refractivity contribution in [2.45, 2.75) is 25.4 Å². The summed E-state index contributed by atoms with van der Waals surface area (Å²) in [4.78, 5) is 15.9. The molecular weight excluding hydrogens is 190 g/mol. The molecule has 0 aromatic rings. The highest BCUT2D eigenvalue weighted by molar-refractivity contribution is 5.83. The van der Waals surface area contributed by atoms with Gasteiger partial charge in [0.25, 0.3) is 0 Å². The first-order valence-electron chi connectivity index (χ1n) is 5.26. The molecule has 1 aliphatic heterocycles. The molecule has 1 unspecified atom stereocenters. The Morgan fingerprint density at radius 1 is 1.67 bits per heavy atom. The standard InChI is InChI=1S/C11H21N3O/c1-5-6-14-8-11(2,3)13(4)9(7-12)10(14)15/h5,9H,1,6-8,12H2,2-4H3. The second kappa shape index (κ2) is 4.33. The molecule has 1 fully saturated rings. The normalized spacial score (nSPS) is 26.8. The SMILES string of the molecule is C=CCN1CC(C)(C)N(C)C(CN)C1=O. The lowest BCUT2D eigenvalue weighted by molar-refractivity contribution is -0.146. The van der Waals surface area contributed by atoms with Crippen molar-refractivity contribution in [1.82, 2.24) is 9.80 Å². The van der Waals surface area contributed by atoms with Crippen molar-refractivity contribution in [2.24, 2.45) is 5.73 Å². The van der Waals surface area contributed by atoms with Gasteiger partial charge in [-0.15, -0.1) is 6.58 Å². The van der Waals surface area contributed by atoms with Crippen LogP contribution < -0.4 is 5.73 Å². The number of carbonyl (C=O) groups is 1. The molecule has 1 atom stereocenters. The highest BCUT2D eigenvalue weighted by atomic mass is 16.2.